The molecule has 1 aliphatic rings. The van der Waals surface area contributed by atoms with Gasteiger partial charge in [-0.3, -0.25) is 0 Å². The maximum atomic E-state index is 6.07. The average molecular weight is 446 g/mol. The molecule has 0 fully saturated rings. The lowest BCUT2D eigenvalue weighted by molar-refractivity contribution is 0.299. The van der Waals surface area contributed by atoms with E-state index in [1.165, 1.54) is 5.69 Å². The Morgan fingerprint density at radius 1 is 1.03 bits per heavy atom. The van der Waals surface area contributed by atoms with Crippen molar-refractivity contribution in [2.45, 2.75) is 18.9 Å². The molecule has 3 N–H and O–H groups in total. The van der Waals surface area contributed by atoms with Gasteiger partial charge in [0.15, 0.2) is 5.82 Å². The van der Waals surface area contributed by atoms with E-state index < -0.39 is 0 Å². The van der Waals surface area contributed by atoms with Crippen LogP contribution >= 0.6 is 11.6 Å². The van der Waals surface area contributed by atoms with E-state index in [2.05, 4.69) is 21.7 Å². The highest BCUT2D eigenvalue weighted by Gasteiger charge is 2.27. The fourth-order valence-corrected chi connectivity index (χ4v) is 4.02. The molecular weight excluding hydrogens is 422 g/mol. The summed E-state index contributed by atoms with van der Waals surface area (Å²) in [5.74, 6) is 3.20. The number of nitrogens with one attached hydrogen (secondary N) is 3. The van der Waals surface area contributed by atoms with Gasteiger partial charge >= 0.3 is 0 Å². The third kappa shape index (κ3) is 4.70. The van der Waals surface area contributed by atoms with Gasteiger partial charge in [0.1, 0.15) is 24.0 Å². The van der Waals surface area contributed by atoms with Crippen molar-refractivity contribution in [3.05, 3.63) is 89.2 Å². The molecule has 0 aliphatic carbocycles. The van der Waals surface area contributed by atoms with Gasteiger partial charge in [0.25, 0.3) is 0 Å². The Morgan fingerprint density at radius 3 is 2.75 bits per heavy atom. The Bertz CT molecular complexity index is 1180. The summed E-state index contributed by atoms with van der Waals surface area (Å²) in [5, 5.41) is 7.71. The lowest BCUT2D eigenvalue weighted by Gasteiger charge is -2.12. The summed E-state index contributed by atoms with van der Waals surface area (Å²) in [7, 11) is 0. The highest BCUT2D eigenvalue weighted by molar-refractivity contribution is 6.30. The minimum Gasteiger partial charge on any atom is -0.491 e. The Kier molecular flexibility index (Phi) is 5.94. The number of rotatable bonds is 8. The molecule has 1 aliphatic heterocycles. The fourth-order valence-electron chi connectivity index (χ4n) is 3.84. The number of hydrogen-bond acceptors (Lipinski definition) is 5. The zero-order valence-electron chi connectivity index (χ0n) is 17.5. The van der Waals surface area contributed by atoms with Crippen molar-refractivity contribution >= 4 is 23.2 Å². The zero-order chi connectivity index (χ0) is 21.8. The van der Waals surface area contributed by atoms with Gasteiger partial charge in [0, 0.05) is 47.4 Å². The second kappa shape index (κ2) is 9.32. The summed E-state index contributed by atoms with van der Waals surface area (Å²) in [5.41, 5.74) is 3.27. The third-order valence-corrected chi connectivity index (χ3v) is 5.66. The molecule has 7 heteroatoms. The number of anilines is 2. The smallest absolute Gasteiger partial charge is 0.163 e. The molecule has 5 rings (SSSR count). The van der Waals surface area contributed by atoms with Gasteiger partial charge in [-0.2, -0.15) is 0 Å². The van der Waals surface area contributed by atoms with Crippen molar-refractivity contribution < 1.29 is 4.74 Å². The quantitative estimate of drug-likeness (QED) is 0.348. The van der Waals surface area contributed by atoms with Crippen LogP contribution in [0.25, 0.3) is 11.4 Å². The van der Waals surface area contributed by atoms with Crippen molar-refractivity contribution in [3.63, 3.8) is 0 Å². The van der Waals surface area contributed by atoms with Crippen LogP contribution in [0.4, 0.5) is 11.6 Å². The van der Waals surface area contributed by atoms with E-state index in [9.17, 15) is 0 Å². The van der Waals surface area contributed by atoms with Crippen LogP contribution in [0, 0.1) is 0 Å². The van der Waals surface area contributed by atoms with Crippen LogP contribution in [0.3, 0.4) is 0 Å². The molecule has 2 aromatic heterocycles. The number of benzene rings is 2. The standard InChI is InChI=1S/C25H24ClN5O/c26-18-8-4-10-21(14-18)32-16-20-15-22-24(28-13-11-19-9-5-12-27-19)30-23(31-25(22)29-20)17-6-2-1-3-7-17/h1-10,12,14,20,27H,11,13,15-16H2,(H2,28,29,30,31). The Morgan fingerprint density at radius 2 is 1.94 bits per heavy atom. The number of ether oxygens (including phenoxy) is 1. The van der Waals surface area contributed by atoms with Crippen molar-refractivity contribution in [3.8, 4) is 17.1 Å². The van der Waals surface area contributed by atoms with E-state index in [4.69, 9.17) is 26.3 Å². The first-order valence-electron chi connectivity index (χ1n) is 10.7. The van der Waals surface area contributed by atoms with Crippen LogP contribution in [0.2, 0.25) is 5.02 Å². The number of H-pyrrole nitrogens is 1. The Labute approximate surface area is 192 Å². The summed E-state index contributed by atoms with van der Waals surface area (Å²) in [6.45, 7) is 1.29. The molecule has 0 radical (unpaired) electrons. The molecular formula is C25H24ClN5O. The van der Waals surface area contributed by atoms with Gasteiger partial charge in [-0.05, 0) is 30.3 Å². The predicted molar refractivity (Wildman–Crippen MR) is 129 cm³/mol. The lowest BCUT2D eigenvalue weighted by Crippen LogP contribution is -2.24. The second-order valence-electron chi connectivity index (χ2n) is 7.77. The minimum atomic E-state index is 0.105. The number of nitrogens with zero attached hydrogens (tertiary/aromatic N) is 2. The monoisotopic (exact) mass is 445 g/mol. The van der Waals surface area contributed by atoms with Gasteiger partial charge in [-0.25, -0.2) is 9.97 Å². The first-order chi connectivity index (χ1) is 15.7. The fraction of sp³-hybridized carbons (Fsp3) is 0.200. The van der Waals surface area contributed by atoms with Gasteiger partial charge < -0.3 is 20.4 Å². The summed E-state index contributed by atoms with van der Waals surface area (Å²) in [6, 6.07) is 21.7. The number of aromatic nitrogens is 3. The van der Waals surface area contributed by atoms with Gasteiger partial charge in [0.2, 0.25) is 0 Å². The Hall–Kier alpha value is -3.51. The van der Waals surface area contributed by atoms with Crippen LogP contribution in [0.5, 0.6) is 5.75 Å². The van der Waals surface area contributed by atoms with Gasteiger partial charge in [-0.1, -0.05) is 48.0 Å². The van der Waals surface area contributed by atoms with Crippen molar-refractivity contribution in [1.82, 2.24) is 15.0 Å². The number of hydrogen-bond donors (Lipinski definition) is 3. The summed E-state index contributed by atoms with van der Waals surface area (Å²) >= 11 is 6.07. The van der Waals surface area contributed by atoms with Crippen LogP contribution in [-0.4, -0.2) is 34.1 Å². The molecule has 3 heterocycles. The van der Waals surface area contributed by atoms with Crippen molar-refractivity contribution in [2.24, 2.45) is 0 Å². The normalized spacial score (nSPS) is 14.6. The van der Waals surface area contributed by atoms with Crippen LogP contribution < -0.4 is 15.4 Å². The molecule has 162 valence electrons. The van der Waals surface area contributed by atoms with E-state index in [0.717, 1.165) is 47.9 Å². The van der Waals surface area contributed by atoms with Crippen LogP contribution in [0.15, 0.2) is 72.9 Å². The number of fused-ring (bicyclic) bond motifs is 1. The SMILES string of the molecule is Clc1cccc(OCC2Cc3c(NCCc4ccc[nH]4)nc(-c4ccccc4)nc3N2)c1. The maximum absolute atomic E-state index is 6.07. The highest BCUT2D eigenvalue weighted by Crippen LogP contribution is 2.32. The van der Waals surface area contributed by atoms with Crippen molar-refractivity contribution in [2.75, 3.05) is 23.8 Å². The topological polar surface area (TPSA) is 74.9 Å². The molecule has 1 unspecified atom stereocenters. The van der Waals surface area contributed by atoms with Crippen LogP contribution in [0.1, 0.15) is 11.3 Å². The molecule has 0 spiro atoms. The Balaban J connectivity index is 1.34. The molecule has 32 heavy (non-hydrogen) atoms. The van der Waals surface area contributed by atoms with Gasteiger partial charge in [-0.15, -0.1) is 0 Å². The van der Waals surface area contributed by atoms with E-state index >= 15 is 0 Å². The molecule has 0 saturated heterocycles. The van der Waals surface area contributed by atoms with Gasteiger partial charge in [0.05, 0.1) is 6.04 Å². The molecule has 6 nitrogen and oxygen atoms in total. The second-order valence-corrected chi connectivity index (χ2v) is 8.21. The van der Waals surface area contributed by atoms with E-state index in [0.29, 0.717) is 17.5 Å². The molecule has 0 saturated carbocycles. The van der Waals surface area contributed by atoms with Crippen LogP contribution in [-0.2, 0) is 12.8 Å². The first-order valence-corrected chi connectivity index (χ1v) is 11.1. The first kappa shape index (κ1) is 20.4. The molecule has 4 aromatic rings. The van der Waals surface area contributed by atoms with E-state index in [1.54, 1.807) is 0 Å². The van der Waals surface area contributed by atoms with Crippen molar-refractivity contribution in [1.29, 1.82) is 0 Å². The molecule has 2 aromatic carbocycles. The average Bonchev–Trinajstić information content (AvgIpc) is 3.48. The lowest BCUT2D eigenvalue weighted by atomic mass is 10.1. The highest BCUT2D eigenvalue weighted by atomic mass is 35.5. The molecule has 0 amide bonds. The minimum absolute atomic E-state index is 0.105. The number of halogens is 1. The third-order valence-electron chi connectivity index (χ3n) is 5.43. The molecule has 0 bridgehead atoms. The number of aromatic amines is 1. The summed E-state index contributed by atoms with van der Waals surface area (Å²) in [6.07, 6.45) is 3.62. The summed E-state index contributed by atoms with van der Waals surface area (Å²) in [4.78, 5) is 12.9. The predicted octanol–water partition coefficient (Wildman–Crippen LogP) is 5.20. The largest absolute Gasteiger partial charge is 0.491 e. The maximum Gasteiger partial charge on any atom is 0.163 e. The summed E-state index contributed by atoms with van der Waals surface area (Å²) < 4.78 is 5.97. The molecule has 1 atom stereocenters. The zero-order valence-corrected chi connectivity index (χ0v) is 18.3. The van der Waals surface area contributed by atoms with E-state index in [-0.39, 0.29) is 6.04 Å². The van der Waals surface area contributed by atoms with E-state index in [1.807, 2.05) is 66.9 Å².